The predicted molar refractivity (Wildman–Crippen MR) is 168 cm³/mol. The molecule has 0 aromatic heterocycles. The molecule has 40 heavy (non-hydrogen) atoms. The third-order valence-electron chi connectivity index (χ3n) is 14.9. The maximum absolute atomic E-state index is 12.1. The van der Waals surface area contributed by atoms with Gasteiger partial charge >= 0.3 is 5.97 Å². The Morgan fingerprint density at radius 2 is 1.70 bits per heavy atom. The lowest BCUT2D eigenvalue weighted by atomic mass is 9.33. The van der Waals surface area contributed by atoms with E-state index in [4.69, 9.17) is 10.3 Å². The van der Waals surface area contributed by atoms with Crippen LogP contribution in [0.25, 0.3) is 0 Å². The average molecular weight is 566 g/mol. The monoisotopic (exact) mass is 565 g/mol. The van der Waals surface area contributed by atoms with Gasteiger partial charge in [-0.2, -0.15) is 0 Å². The molecule has 6 aliphatic rings. The van der Waals surface area contributed by atoms with Crippen LogP contribution in [0.4, 0.5) is 0 Å². The molecule has 6 aliphatic carbocycles. The fourth-order valence-electron chi connectivity index (χ4n) is 12.8. The molecular weight excluding hydrogens is 509 g/mol. The first-order chi connectivity index (χ1) is 18.7. The van der Waals surface area contributed by atoms with Gasteiger partial charge < -0.3 is 10.3 Å². The van der Waals surface area contributed by atoms with E-state index in [2.05, 4.69) is 69.7 Å². The molecule has 222 valence electrons. The van der Waals surface area contributed by atoms with Crippen molar-refractivity contribution in [2.24, 2.45) is 62.9 Å². The van der Waals surface area contributed by atoms with Crippen LogP contribution in [0.3, 0.4) is 0 Å². The van der Waals surface area contributed by atoms with Gasteiger partial charge in [-0.15, -0.1) is 0 Å². The molecule has 0 aromatic carbocycles. The summed E-state index contributed by atoms with van der Waals surface area (Å²) in [5.74, 6) is 3.34. The standard InChI is InChI=1S/C36H56NO2P/c1-22(2)25-14-19-36(37)21-20-34(6)27(30(25)36)12-13-29-33(5)17-15-26(23-8-10-24(11-9-23)31(38)39-40)32(3,4)28(33)16-18-35(29,34)7/h8,15,24-25,27-30H,1,9-14,16-21,37,40H2,2-7H3/t24?,25?,27?,28?,29?,30?,33?,34-,35?,36?/m1/s1. The van der Waals surface area contributed by atoms with Crippen molar-refractivity contribution < 1.29 is 9.32 Å². The molecule has 0 aromatic rings. The van der Waals surface area contributed by atoms with Gasteiger partial charge in [0.15, 0.2) is 0 Å². The summed E-state index contributed by atoms with van der Waals surface area (Å²) in [5.41, 5.74) is 13.0. The Balaban J connectivity index is 1.31. The number of rotatable bonds is 3. The Hall–Kier alpha value is -0.920. The normalized spacial score (nSPS) is 49.4. The summed E-state index contributed by atoms with van der Waals surface area (Å²) >= 11 is 0. The summed E-state index contributed by atoms with van der Waals surface area (Å²) in [5, 5.41) is 0. The van der Waals surface area contributed by atoms with Crippen molar-refractivity contribution in [1.29, 1.82) is 0 Å². The first kappa shape index (κ1) is 29.2. The molecule has 11 atom stereocenters. The SMILES string of the molecule is C=C(C)C1CCC2(N)CC[C@]3(C)C(CCC4C5(C)CC=C(C6=CCC(C(=O)OP)CC6)C(C)(C)C5CCC43C)C12. The summed E-state index contributed by atoms with van der Waals surface area (Å²) in [6, 6.07) is 0. The number of hydrogen-bond donors (Lipinski definition) is 1. The second-order valence-electron chi connectivity index (χ2n) is 16.6. The molecule has 0 aliphatic heterocycles. The molecule has 4 heteroatoms. The van der Waals surface area contributed by atoms with Crippen LogP contribution in [0.1, 0.15) is 119 Å². The van der Waals surface area contributed by atoms with Crippen molar-refractivity contribution in [3.63, 3.8) is 0 Å². The highest BCUT2D eigenvalue weighted by Gasteiger charge is 2.70. The van der Waals surface area contributed by atoms with Crippen molar-refractivity contribution >= 4 is 15.4 Å². The third kappa shape index (κ3) is 3.84. The summed E-state index contributed by atoms with van der Waals surface area (Å²) in [6.07, 6.45) is 19.3. The average Bonchev–Trinajstić information content (AvgIpc) is 3.26. The first-order valence-corrected chi connectivity index (χ1v) is 16.9. The zero-order chi connectivity index (χ0) is 28.9. The van der Waals surface area contributed by atoms with Crippen LogP contribution in [-0.4, -0.2) is 11.5 Å². The molecule has 2 N–H and O–H groups in total. The molecule has 3 nitrogen and oxygen atoms in total. The van der Waals surface area contributed by atoms with Crippen LogP contribution in [0.2, 0.25) is 0 Å². The molecule has 0 radical (unpaired) electrons. The summed E-state index contributed by atoms with van der Waals surface area (Å²) < 4.78 is 4.97. The fraction of sp³-hybridized carbons (Fsp3) is 0.806. The van der Waals surface area contributed by atoms with Gasteiger partial charge in [0.25, 0.3) is 0 Å². The maximum Gasteiger partial charge on any atom is 0.311 e. The van der Waals surface area contributed by atoms with Gasteiger partial charge in [0.05, 0.1) is 15.4 Å². The van der Waals surface area contributed by atoms with Crippen LogP contribution in [-0.2, 0) is 9.32 Å². The minimum atomic E-state index is -0.0813. The van der Waals surface area contributed by atoms with Gasteiger partial charge in [-0.05, 0) is 146 Å². The minimum absolute atomic E-state index is 0.0113. The molecule has 0 heterocycles. The van der Waals surface area contributed by atoms with E-state index in [9.17, 15) is 4.79 Å². The molecule has 10 unspecified atom stereocenters. The number of allylic oxidation sites excluding steroid dienone is 5. The van der Waals surface area contributed by atoms with Gasteiger partial charge in [0.1, 0.15) is 0 Å². The number of nitrogens with two attached hydrogens (primary N) is 1. The fourth-order valence-corrected chi connectivity index (χ4v) is 12.9. The number of carbonyl (C=O) groups excluding carboxylic acids is 1. The van der Waals surface area contributed by atoms with E-state index in [-0.39, 0.29) is 22.8 Å². The van der Waals surface area contributed by atoms with Gasteiger partial charge in [0, 0.05) is 5.54 Å². The summed E-state index contributed by atoms with van der Waals surface area (Å²) in [6.45, 7) is 19.9. The molecule has 0 saturated heterocycles. The smallest absolute Gasteiger partial charge is 0.311 e. The molecule has 0 amide bonds. The lowest BCUT2D eigenvalue weighted by molar-refractivity contribution is -0.219. The van der Waals surface area contributed by atoms with E-state index in [1.54, 1.807) is 5.57 Å². The van der Waals surface area contributed by atoms with Crippen LogP contribution < -0.4 is 5.73 Å². The van der Waals surface area contributed by atoms with E-state index in [1.165, 1.54) is 68.9 Å². The molecule has 0 spiro atoms. The van der Waals surface area contributed by atoms with E-state index < -0.39 is 0 Å². The highest BCUT2D eigenvalue weighted by atomic mass is 31.0. The Morgan fingerprint density at radius 3 is 2.35 bits per heavy atom. The third-order valence-corrected chi connectivity index (χ3v) is 15.1. The van der Waals surface area contributed by atoms with Gasteiger partial charge in [-0.1, -0.05) is 58.9 Å². The number of hydrogen-bond acceptors (Lipinski definition) is 3. The topological polar surface area (TPSA) is 52.3 Å². The Morgan fingerprint density at radius 1 is 0.950 bits per heavy atom. The van der Waals surface area contributed by atoms with Crippen LogP contribution in [0, 0.1) is 57.2 Å². The van der Waals surface area contributed by atoms with E-state index in [0.29, 0.717) is 34.0 Å². The molecule has 4 fully saturated rings. The molecule has 6 rings (SSSR count). The van der Waals surface area contributed by atoms with Crippen molar-refractivity contribution in [2.45, 2.75) is 124 Å². The van der Waals surface area contributed by atoms with Crippen LogP contribution >= 0.6 is 9.47 Å². The molecule has 4 saturated carbocycles. The highest BCUT2D eigenvalue weighted by Crippen LogP contribution is 2.76. The Labute approximate surface area is 246 Å². The predicted octanol–water partition coefficient (Wildman–Crippen LogP) is 8.95. The van der Waals surface area contributed by atoms with Crippen molar-refractivity contribution in [3.05, 3.63) is 35.5 Å². The lowest BCUT2D eigenvalue weighted by Gasteiger charge is -2.72. The quantitative estimate of drug-likeness (QED) is 0.274. The minimum Gasteiger partial charge on any atom is -0.451 e. The largest absolute Gasteiger partial charge is 0.451 e. The van der Waals surface area contributed by atoms with Gasteiger partial charge in [0.2, 0.25) is 0 Å². The zero-order valence-corrected chi connectivity index (χ0v) is 27.4. The van der Waals surface area contributed by atoms with E-state index in [1.807, 2.05) is 0 Å². The Kier molecular flexibility index (Phi) is 6.96. The second kappa shape index (κ2) is 9.54. The highest BCUT2D eigenvalue weighted by molar-refractivity contribution is 7.10. The maximum atomic E-state index is 12.1. The summed E-state index contributed by atoms with van der Waals surface area (Å²) in [7, 11) is 2.13. The van der Waals surface area contributed by atoms with Crippen molar-refractivity contribution in [3.8, 4) is 0 Å². The van der Waals surface area contributed by atoms with E-state index in [0.717, 1.165) is 31.1 Å². The zero-order valence-electron chi connectivity index (χ0n) is 26.3. The second-order valence-corrected chi connectivity index (χ2v) is 16.8. The Bertz CT molecular complexity index is 1150. The van der Waals surface area contributed by atoms with Gasteiger partial charge in [-0.3, -0.25) is 4.79 Å². The van der Waals surface area contributed by atoms with Crippen LogP contribution in [0.15, 0.2) is 35.5 Å². The molecular formula is C36H56NO2P. The number of fused-ring (bicyclic) bond motifs is 7. The van der Waals surface area contributed by atoms with Crippen LogP contribution in [0.5, 0.6) is 0 Å². The number of carbonyl (C=O) groups is 1. The van der Waals surface area contributed by atoms with Crippen molar-refractivity contribution in [1.82, 2.24) is 0 Å². The van der Waals surface area contributed by atoms with E-state index >= 15 is 0 Å². The lowest BCUT2D eigenvalue weighted by Crippen LogP contribution is -2.67. The van der Waals surface area contributed by atoms with Gasteiger partial charge in [-0.25, -0.2) is 0 Å². The summed E-state index contributed by atoms with van der Waals surface area (Å²) in [4.78, 5) is 12.1. The first-order valence-electron chi connectivity index (χ1n) is 16.5. The molecule has 0 bridgehead atoms. The van der Waals surface area contributed by atoms with Crippen molar-refractivity contribution in [2.75, 3.05) is 0 Å².